The Morgan fingerprint density at radius 1 is 1.13 bits per heavy atom. The van der Waals surface area contributed by atoms with Crippen molar-refractivity contribution in [3.8, 4) is 5.75 Å². The summed E-state index contributed by atoms with van der Waals surface area (Å²) in [6.45, 7) is 2.20. The molecule has 0 unspecified atom stereocenters. The number of methoxy groups -OCH3 is 1. The van der Waals surface area contributed by atoms with Gasteiger partial charge < -0.3 is 15.0 Å². The lowest BCUT2D eigenvalue weighted by Crippen LogP contribution is -2.31. The van der Waals surface area contributed by atoms with Crippen LogP contribution in [0.5, 0.6) is 5.75 Å². The maximum absolute atomic E-state index is 5.24. The first-order valence-corrected chi connectivity index (χ1v) is 10.0. The molecular weight excluding hydrogens is 382 g/mol. The van der Waals surface area contributed by atoms with Crippen molar-refractivity contribution in [1.29, 1.82) is 0 Å². The molecule has 0 radical (unpaired) electrons. The van der Waals surface area contributed by atoms with Crippen molar-refractivity contribution in [2.24, 2.45) is 0 Å². The third kappa shape index (κ3) is 3.62. The third-order valence-corrected chi connectivity index (χ3v) is 5.53. The molecule has 10 heteroatoms. The van der Waals surface area contributed by atoms with E-state index in [4.69, 9.17) is 4.74 Å². The van der Waals surface area contributed by atoms with Crippen LogP contribution >= 0.6 is 0 Å². The predicted octanol–water partition coefficient (Wildman–Crippen LogP) is 2.68. The molecule has 2 aliphatic rings. The van der Waals surface area contributed by atoms with Crippen molar-refractivity contribution in [2.75, 3.05) is 43.0 Å². The number of hydrogen-bond donors (Lipinski definition) is 3. The second-order valence-electron chi connectivity index (χ2n) is 7.57. The molecule has 3 aromatic rings. The maximum atomic E-state index is 5.24. The van der Waals surface area contributed by atoms with Gasteiger partial charge in [0.1, 0.15) is 11.4 Å². The minimum atomic E-state index is 0.441. The fraction of sp³-hybridized carbons (Fsp3) is 0.350. The van der Waals surface area contributed by atoms with Crippen molar-refractivity contribution in [3.05, 3.63) is 42.9 Å². The van der Waals surface area contributed by atoms with Crippen LogP contribution in [0.4, 0.5) is 28.8 Å². The minimum absolute atomic E-state index is 0.441. The molecule has 0 spiro atoms. The van der Waals surface area contributed by atoms with Crippen LogP contribution in [0.1, 0.15) is 18.9 Å². The van der Waals surface area contributed by atoms with E-state index in [-0.39, 0.29) is 0 Å². The molecule has 1 fully saturated rings. The molecule has 0 saturated carbocycles. The highest BCUT2D eigenvalue weighted by Crippen LogP contribution is 2.34. The smallest absolute Gasteiger partial charge is 0.229 e. The van der Waals surface area contributed by atoms with Crippen molar-refractivity contribution in [1.82, 2.24) is 30.2 Å². The van der Waals surface area contributed by atoms with E-state index in [2.05, 4.69) is 48.0 Å². The molecule has 0 bridgehead atoms. The number of fused-ring (bicyclic) bond motifs is 1. The molecule has 2 aliphatic heterocycles. The Hall–Kier alpha value is -3.37. The lowest BCUT2D eigenvalue weighted by Gasteiger charge is -2.28. The van der Waals surface area contributed by atoms with Gasteiger partial charge in [0, 0.05) is 6.20 Å². The number of nitrogens with one attached hydrogen (secondary N) is 3. The van der Waals surface area contributed by atoms with Gasteiger partial charge in [-0.2, -0.15) is 10.1 Å². The Labute approximate surface area is 174 Å². The zero-order chi connectivity index (χ0) is 20.5. The van der Waals surface area contributed by atoms with Gasteiger partial charge >= 0.3 is 0 Å². The van der Waals surface area contributed by atoms with E-state index in [1.165, 1.54) is 0 Å². The number of likely N-dealkylation sites (tertiary alicyclic amines) is 1. The summed E-state index contributed by atoms with van der Waals surface area (Å²) in [5.41, 5.74) is 8.81. The number of piperidine rings is 1. The SMILES string of the molecule is COc1ccc(N2NNc3cnc(Nc4cnn(C5CCN(C)CC5)c4)nc32)cc1. The molecule has 0 atom stereocenters. The summed E-state index contributed by atoms with van der Waals surface area (Å²) in [7, 11) is 3.82. The largest absolute Gasteiger partial charge is 0.497 e. The van der Waals surface area contributed by atoms with E-state index >= 15 is 0 Å². The van der Waals surface area contributed by atoms with Crippen LogP contribution in [-0.2, 0) is 0 Å². The summed E-state index contributed by atoms with van der Waals surface area (Å²) in [6.07, 6.45) is 7.84. The van der Waals surface area contributed by atoms with Crippen molar-refractivity contribution < 1.29 is 4.74 Å². The van der Waals surface area contributed by atoms with Gasteiger partial charge in [0.15, 0.2) is 5.82 Å². The van der Waals surface area contributed by atoms with Crippen LogP contribution in [0, 0.1) is 0 Å². The van der Waals surface area contributed by atoms with Crippen molar-refractivity contribution >= 4 is 28.8 Å². The second kappa shape index (κ2) is 7.81. The van der Waals surface area contributed by atoms with Crippen molar-refractivity contribution in [3.63, 3.8) is 0 Å². The third-order valence-electron chi connectivity index (χ3n) is 5.53. The Morgan fingerprint density at radius 2 is 1.93 bits per heavy atom. The Bertz CT molecular complexity index is 1010. The quantitative estimate of drug-likeness (QED) is 0.590. The van der Waals surface area contributed by atoms with E-state index in [0.29, 0.717) is 12.0 Å². The predicted molar refractivity (Wildman–Crippen MR) is 115 cm³/mol. The average Bonchev–Trinajstić information content (AvgIpc) is 3.41. The number of benzene rings is 1. The number of rotatable bonds is 5. The highest BCUT2D eigenvalue weighted by Gasteiger charge is 2.23. The molecule has 3 N–H and O–H groups in total. The summed E-state index contributed by atoms with van der Waals surface area (Å²) < 4.78 is 7.29. The fourth-order valence-electron chi connectivity index (χ4n) is 3.77. The van der Waals surface area contributed by atoms with Gasteiger partial charge in [0.25, 0.3) is 0 Å². The molecule has 0 amide bonds. The highest BCUT2D eigenvalue weighted by molar-refractivity contribution is 5.76. The fourth-order valence-corrected chi connectivity index (χ4v) is 3.77. The molecule has 10 nitrogen and oxygen atoms in total. The van der Waals surface area contributed by atoms with Gasteiger partial charge in [-0.1, -0.05) is 0 Å². The number of ether oxygens (including phenoxy) is 1. The molecule has 1 aromatic carbocycles. The van der Waals surface area contributed by atoms with Crippen molar-refractivity contribution in [2.45, 2.75) is 18.9 Å². The van der Waals surface area contributed by atoms with Gasteiger partial charge in [-0.3, -0.25) is 10.1 Å². The molecular formula is C20H25N9O. The topological polar surface area (TPSA) is 95.4 Å². The van der Waals surface area contributed by atoms with Gasteiger partial charge in [0.2, 0.25) is 5.95 Å². The number of nitrogens with zero attached hydrogens (tertiary/aromatic N) is 6. The van der Waals surface area contributed by atoms with E-state index < -0.39 is 0 Å². The Balaban J connectivity index is 1.32. The van der Waals surface area contributed by atoms with E-state index in [1.54, 1.807) is 13.3 Å². The number of aromatic nitrogens is 4. The highest BCUT2D eigenvalue weighted by atomic mass is 16.5. The molecule has 0 aliphatic carbocycles. The molecule has 5 rings (SSSR count). The van der Waals surface area contributed by atoms with E-state index in [1.807, 2.05) is 41.7 Å². The summed E-state index contributed by atoms with van der Waals surface area (Å²) in [6, 6.07) is 8.18. The standard InChI is InChI=1S/C20H25N9O/c1-27-9-7-15(8-10-27)28-13-14(11-22-28)23-20-21-12-18-19(24-20)29(26-25-18)16-3-5-17(30-2)6-4-16/h3-6,11-13,15,25-26H,7-10H2,1-2H3,(H,21,23,24). The molecule has 30 heavy (non-hydrogen) atoms. The van der Waals surface area contributed by atoms with Crippen LogP contribution in [0.25, 0.3) is 0 Å². The number of hydrogen-bond acceptors (Lipinski definition) is 9. The monoisotopic (exact) mass is 407 g/mol. The van der Waals surface area contributed by atoms with Crippen LogP contribution < -0.4 is 26.0 Å². The summed E-state index contributed by atoms with van der Waals surface area (Å²) in [5, 5.41) is 9.68. The maximum Gasteiger partial charge on any atom is 0.229 e. The van der Waals surface area contributed by atoms with Crippen LogP contribution in [0.2, 0.25) is 0 Å². The van der Waals surface area contributed by atoms with Crippen LogP contribution in [0.3, 0.4) is 0 Å². The number of anilines is 5. The van der Waals surface area contributed by atoms with Gasteiger partial charge in [-0.15, -0.1) is 5.53 Å². The van der Waals surface area contributed by atoms with E-state index in [9.17, 15) is 0 Å². The van der Waals surface area contributed by atoms with Crippen LogP contribution in [0.15, 0.2) is 42.9 Å². The Morgan fingerprint density at radius 3 is 2.70 bits per heavy atom. The first kappa shape index (κ1) is 18.6. The number of hydrazine groups is 2. The summed E-state index contributed by atoms with van der Waals surface area (Å²) >= 11 is 0. The van der Waals surface area contributed by atoms with Crippen LogP contribution in [-0.4, -0.2) is 51.9 Å². The molecule has 2 aromatic heterocycles. The zero-order valence-electron chi connectivity index (χ0n) is 17.0. The molecule has 156 valence electrons. The lowest BCUT2D eigenvalue weighted by molar-refractivity contribution is 0.212. The van der Waals surface area contributed by atoms with Gasteiger partial charge in [-0.25, -0.2) is 9.99 Å². The average molecular weight is 407 g/mol. The Kier molecular flexibility index (Phi) is 4.85. The lowest BCUT2D eigenvalue weighted by atomic mass is 10.1. The normalized spacial score (nSPS) is 16.9. The van der Waals surface area contributed by atoms with E-state index in [0.717, 1.165) is 54.6 Å². The van der Waals surface area contributed by atoms with Gasteiger partial charge in [0.05, 0.1) is 36.9 Å². The van der Waals surface area contributed by atoms with Gasteiger partial charge in [-0.05, 0) is 57.2 Å². The zero-order valence-corrected chi connectivity index (χ0v) is 17.0. The summed E-state index contributed by atoms with van der Waals surface area (Å²) in [4.78, 5) is 11.5. The minimum Gasteiger partial charge on any atom is -0.497 e. The molecule has 1 saturated heterocycles. The first-order chi connectivity index (χ1) is 14.7. The second-order valence-corrected chi connectivity index (χ2v) is 7.57. The first-order valence-electron chi connectivity index (χ1n) is 10.0. The molecule has 4 heterocycles. The summed E-state index contributed by atoms with van der Waals surface area (Å²) in [5.74, 6) is 2.05.